The maximum absolute atomic E-state index is 6.32. The zero-order valence-corrected chi connectivity index (χ0v) is 16.5. The summed E-state index contributed by atoms with van der Waals surface area (Å²) in [7, 11) is 0. The fraction of sp³-hybridized carbons (Fsp3) is 0.762. The summed E-state index contributed by atoms with van der Waals surface area (Å²) in [6.07, 6.45) is 12.2. The van der Waals surface area contributed by atoms with Crippen LogP contribution in [0.2, 0.25) is 0 Å². The number of thioether (sulfide) groups is 1. The highest BCUT2D eigenvalue weighted by molar-refractivity contribution is 8.18. The quantitative estimate of drug-likeness (QED) is 0.734. The molecule has 0 saturated heterocycles. The second-order valence-corrected chi connectivity index (χ2v) is 10.6. The highest BCUT2D eigenvalue weighted by Gasteiger charge is 2.61. The summed E-state index contributed by atoms with van der Waals surface area (Å²) in [4.78, 5) is 6.75. The Bertz CT molecular complexity index is 630. The Balaban J connectivity index is 1.40. The van der Waals surface area contributed by atoms with E-state index in [1.54, 1.807) is 0 Å². The van der Waals surface area contributed by atoms with Gasteiger partial charge in [-0.3, -0.25) is 4.99 Å². The van der Waals surface area contributed by atoms with Crippen molar-refractivity contribution in [3.63, 3.8) is 0 Å². The van der Waals surface area contributed by atoms with Crippen molar-refractivity contribution in [1.82, 2.24) is 0 Å². The predicted molar refractivity (Wildman–Crippen MR) is 105 cm³/mol. The molecule has 0 radical (unpaired) electrons. The highest BCUT2D eigenvalue weighted by atomic mass is 32.2. The minimum Gasteiger partial charge on any atom is -0.327 e. The fourth-order valence-electron chi connectivity index (χ4n) is 4.58. The molecule has 24 heavy (non-hydrogen) atoms. The number of nitrogens with zero attached hydrogens (tertiary/aromatic N) is 1. The van der Waals surface area contributed by atoms with Gasteiger partial charge < -0.3 is 5.73 Å². The number of rotatable bonds is 5. The van der Waals surface area contributed by atoms with E-state index in [4.69, 9.17) is 10.7 Å². The van der Waals surface area contributed by atoms with E-state index in [-0.39, 0.29) is 5.54 Å². The smallest absolute Gasteiger partial charge is 0.0987 e. The average molecular weight is 345 g/mol. The lowest BCUT2D eigenvalue weighted by atomic mass is 9.84. The zero-order chi connectivity index (χ0) is 17.1. The Morgan fingerprint density at radius 3 is 2.92 bits per heavy atom. The monoisotopic (exact) mass is 344 g/mol. The van der Waals surface area contributed by atoms with Crippen LogP contribution in [0.25, 0.3) is 0 Å². The molecule has 2 fully saturated rings. The molecule has 2 saturated carbocycles. The summed E-state index contributed by atoms with van der Waals surface area (Å²) in [6, 6.07) is 0.319. The van der Waals surface area contributed by atoms with Crippen molar-refractivity contribution in [3.05, 3.63) is 22.6 Å². The molecule has 132 valence electrons. The standard InChI is InChI=1S/C21H32N2S/c1-13(5-6-17(22)10-15-9-14(15)2)19-23-21-12-16(21)11-20(3,4)8-7-18(21)24-19/h5,7,14-17H,6,8-12,22H2,1-4H3. The van der Waals surface area contributed by atoms with Gasteiger partial charge in [-0.2, -0.15) is 0 Å². The summed E-state index contributed by atoms with van der Waals surface area (Å²) in [5, 5.41) is 1.26. The lowest BCUT2D eigenvalue weighted by Crippen LogP contribution is -2.20. The molecule has 1 spiro atoms. The minimum atomic E-state index is 0.175. The van der Waals surface area contributed by atoms with E-state index in [9.17, 15) is 0 Å². The Hall–Kier alpha value is -0.540. The molecule has 0 aromatic carbocycles. The van der Waals surface area contributed by atoms with Gasteiger partial charge in [0, 0.05) is 10.9 Å². The molecule has 2 N–H and O–H groups in total. The van der Waals surface area contributed by atoms with Gasteiger partial charge in [0.1, 0.15) is 0 Å². The van der Waals surface area contributed by atoms with E-state index in [1.165, 1.54) is 47.6 Å². The van der Waals surface area contributed by atoms with Crippen LogP contribution in [0.4, 0.5) is 0 Å². The van der Waals surface area contributed by atoms with E-state index in [1.807, 2.05) is 11.8 Å². The fourth-order valence-corrected chi connectivity index (χ4v) is 5.88. The van der Waals surface area contributed by atoms with E-state index < -0.39 is 0 Å². The van der Waals surface area contributed by atoms with Crippen molar-refractivity contribution >= 4 is 16.8 Å². The van der Waals surface area contributed by atoms with E-state index >= 15 is 0 Å². The molecule has 3 aliphatic carbocycles. The van der Waals surface area contributed by atoms with Crippen LogP contribution in [0.3, 0.4) is 0 Å². The summed E-state index contributed by atoms with van der Waals surface area (Å²) < 4.78 is 0. The van der Waals surface area contributed by atoms with Gasteiger partial charge in [0.2, 0.25) is 0 Å². The zero-order valence-electron chi connectivity index (χ0n) is 15.6. The van der Waals surface area contributed by atoms with Gasteiger partial charge in [-0.25, -0.2) is 0 Å². The Kier molecular flexibility index (Phi) is 4.04. The van der Waals surface area contributed by atoms with Crippen LogP contribution in [-0.4, -0.2) is 16.6 Å². The van der Waals surface area contributed by atoms with Crippen LogP contribution in [-0.2, 0) is 0 Å². The van der Waals surface area contributed by atoms with E-state index in [0.717, 1.165) is 24.2 Å². The molecule has 5 atom stereocenters. The van der Waals surface area contributed by atoms with Crippen molar-refractivity contribution in [2.45, 2.75) is 77.8 Å². The van der Waals surface area contributed by atoms with Gasteiger partial charge in [0.25, 0.3) is 0 Å². The summed E-state index contributed by atoms with van der Waals surface area (Å²) in [5.74, 6) is 2.57. The molecule has 0 amide bonds. The molecule has 1 aliphatic heterocycles. The molecule has 4 rings (SSSR count). The molecule has 0 aromatic rings. The Morgan fingerprint density at radius 2 is 2.21 bits per heavy atom. The molecule has 1 heterocycles. The van der Waals surface area contributed by atoms with Crippen molar-refractivity contribution in [3.8, 4) is 0 Å². The van der Waals surface area contributed by atoms with Gasteiger partial charge in [-0.15, -0.1) is 0 Å². The number of hydrogen-bond donors (Lipinski definition) is 1. The Labute approximate surface area is 151 Å². The van der Waals surface area contributed by atoms with Gasteiger partial charge in [0.15, 0.2) is 0 Å². The first-order valence-electron chi connectivity index (χ1n) is 9.70. The summed E-state index contributed by atoms with van der Waals surface area (Å²) in [6.45, 7) is 9.37. The van der Waals surface area contributed by atoms with E-state index in [0.29, 0.717) is 11.5 Å². The second kappa shape index (κ2) is 5.74. The lowest BCUT2D eigenvalue weighted by molar-refractivity contribution is 0.318. The van der Waals surface area contributed by atoms with Crippen molar-refractivity contribution in [1.29, 1.82) is 0 Å². The molecule has 3 heteroatoms. The van der Waals surface area contributed by atoms with Crippen molar-refractivity contribution in [2.24, 2.45) is 33.9 Å². The van der Waals surface area contributed by atoms with E-state index in [2.05, 4.69) is 39.8 Å². The third-order valence-corrected chi connectivity index (χ3v) is 7.94. The van der Waals surface area contributed by atoms with Crippen molar-refractivity contribution < 1.29 is 0 Å². The largest absolute Gasteiger partial charge is 0.327 e. The van der Waals surface area contributed by atoms with Crippen LogP contribution in [0.5, 0.6) is 0 Å². The maximum atomic E-state index is 6.32. The molecule has 0 bridgehead atoms. The molecule has 0 aromatic heterocycles. The SMILES string of the molecule is CC(=CCC(N)CC1CC1C)C1=NC23CC2CC(C)(C)CC=C3S1. The normalized spacial score (nSPS) is 40.9. The molecule has 2 nitrogen and oxygen atoms in total. The van der Waals surface area contributed by atoms with Crippen LogP contribution in [0.1, 0.15) is 66.2 Å². The molecular formula is C21H32N2S. The second-order valence-electron chi connectivity index (χ2n) is 9.58. The minimum absolute atomic E-state index is 0.175. The summed E-state index contributed by atoms with van der Waals surface area (Å²) >= 11 is 1.94. The predicted octanol–water partition coefficient (Wildman–Crippen LogP) is 5.30. The number of hydrogen-bond acceptors (Lipinski definition) is 3. The highest BCUT2D eigenvalue weighted by Crippen LogP contribution is 2.65. The number of aliphatic imine (C=N–C) groups is 1. The topological polar surface area (TPSA) is 38.4 Å². The van der Waals surface area contributed by atoms with Crippen LogP contribution < -0.4 is 5.73 Å². The molecule has 4 aliphatic rings. The van der Waals surface area contributed by atoms with Gasteiger partial charge in [-0.05, 0) is 74.2 Å². The van der Waals surface area contributed by atoms with Crippen molar-refractivity contribution in [2.75, 3.05) is 0 Å². The Morgan fingerprint density at radius 1 is 1.46 bits per heavy atom. The number of nitrogens with two attached hydrogens (primary N) is 1. The first-order chi connectivity index (χ1) is 11.3. The third-order valence-electron chi connectivity index (χ3n) is 6.59. The maximum Gasteiger partial charge on any atom is 0.0987 e. The molecular weight excluding hydrogens is 312 g/mol. The molecule has 5 unspecified atom stereocenters. The third kappa shape index (κ3) is 3.14. The van der Waals surface area contributed by atoms with Gasteiger partial charge in [-0.1, -0.05) is 44.7 Å². The van der Waals surface area contributed by atoms with Gasteiger partial charge >= 0.3 is 0 Å². The number of allylic oxidation sites excluding steroid dienone is 1. The lowest BCUT2D eigenvalue weighted by Gasteiger charge is -2.21. The van der Waals surface area contributed by atoms with Crippen LogP contribution >= 0.6 is 11.8 Å². The summed E-state index contributed by atoms with van der Waals surface area (Å²) in [5.41, 5.74) is 8.28. The first-order valence-corrected chi connectivity index (χ1v) is 10.5. The van der Waals surface area contributed by atoms with Gasteiger partial charge in [0.05, 0.1) is 10.6 Å². The van der Waals surface area contributed by atoms with Crippen LogP contribution in [0.15, 0.2) is 27.6 Å². The van der Waals surface area contributed by atoms with Crippen LogP contribution in [0, 0.1) is 23.2 Å². The average Bonchev–Trinajstić information content (AvgIpc) is 3.32. The first kappa shape index (κ1) is 16.9.